The first-order valence-corrected chi connectivity index (χ1v) is 6.73. The first-order valence-electron chi connectivity index (χ1n) is 6.73. The van der Waals surface area contributed by atoms with Crippen LogP contribution in [0.25, 0.3) is 0 Å². The lowest BCUT2D eigenvalue weighted by Gasteiger charge is -2.34. The van der Waals surface area contributed by atoms with Gasteiger partial charge in [0.25, 0.3) is 0 Å². The molecule has 1 aromatic heterocycles. The first kappa shape index (κ1) is 13.3. The summed E-state index contributed by atoms with van der Waals surface area (Å²) in [5, 5.41) is 16.0. The number of hydrogen-bond donors (Lipinski definition) is 3. The van der Waals surface area contributed by atoms with Crippen LogP contribution in [-0.2, 0) is 6.42 Å². The molecule has 2 heterocycles. The topological polar surface area (TPSA) is 91.1 Å². The number of piperidine rings is 1. The fourth-order valence-electron chi connectivity index (χ4n) is 2.22. The Morgan fingerprint density at radius 1 is 1.50 bits per heavy atom. The number of hydrogen-bond acceptors (Lipinski definition) is 5. The lowest BCUT2D eigenvalue weighted by molar-refractivity contribution is 0.284. The number of aromatic amines is 1. The Bertz CT molecular complexity index is 367. The standard InChI is InChI=1S/C12H23N5O/c1-9-5-6-17(8-10(9)13)12-14-11(15-16-12)4-2-3-7-18/h9-10,18H,2-8,13H2,1H3,(H,14,15,16). The summed E-state index contributed by atoms with van der Waals surface area (Å²) in [6.07, 6.45) is 3.67. The van der Waals surface area contributed by atoms with Crippen LogP contribution < -0.4 is 10.6 Å². The molecular formula is C12H23N5O. The maximum Gasteiger partial charge on any atom is 0.244 e. The van der Waals surface area contributed by atoms with Crippen molar-refractivity contribution in [3.05, 3.63) is 5.82 Å². The molecule has 1 aromatic rings. The molecule has 1 saturated heterocycles. The summed E-state index contributed by atoms with van der Waals surface area (Å²) in [7, 11) is 0. The van der Waals surface area contributed by atoms with Crippen molar-refractivity contribution in [1.29, 1.82) is 0 Å². The van der Waals surface area contributed by atoms with Crippen LogP contribution >= 0.6 is 0 Å². The van der Waals surface area contributed by atoms with E-state index in [2.05, 4.69) is 27.0 Å². The van der Waals surface area contributed by atoms with E-state index in [1.165, 1.54) is 0 Å². The molecule has 1 aliphatic heterocycles. The van der Waals surface area contributed by atoms with Crippen molar-refractivity contribution in [2.24, 2.45) is 11.7 Å². The normalized spacial score (nSPS) is 24.5. The van der Waals surface area contributed by atoms with Gasteiger partial charge in [-0.2, -0.15) is 4.98 Å². The predicted molar refractivity (Wildman–Crippen MR) is 70.4 cm³/mol. The molecule has 18 heavy (non-hydrogen) atoms. The average molecular weight is 253 g/mol. The summed E-state index contributed by atoms with van der Waals surface area (Å²) in [6, 6.07) is 0.204. The van der Waals surface area contributed by atoms with Crippen LogP contribution in [-0.4, -0.2) is 46.0 Å². The third kappa shape index (κ3) is 3.20. The second kappa shape index (κ2) is 6.15. The highest BCUT2D eigenvalue weighted by Crippen LogP contribution is 2.19. The molecule has 0 aliphatic carbocycles. The van der Waals surface area contributed by atoms with Crippen LogP contribution in [0.4, 0.5) is 5.95 Å². The van der Waals surface area contributed by atoms with Crippen molar-refractivity contribution in [2.45, 2.75) is 38.6 Å². The molecule has 1 fully saturated rings. The lowest BCUT2D eigenvalue weighted by atomic mass is 9.95. The lowest BCUT2D eigenvalue weighted by Crippen LogP contribution is -2.48. The van der Waals surface area contributed by atoms with Gasteiger partial charge in [-0.05, 0) is 25.2 Å². The number of aliphatic hydroxyl groups excluding tert-OH is 1. The van der Waals surface area contributed by atoms with E-state index < -0.39 is 0 Å². The van der Waals surface area contributed by atoms with Gasteiger partial charge in [-0.25, -0.2) is 0 Å². The predicted octanol–water partition coefficient (Wildman–Crippen LogP) is 0.293. The number of anilines is 1. The second-order valence-corrected chi connectivity index (χ2v) is 5.14. The van der Waals surface area contributed by atoms with Crippen LogP contribution in [0.2, 0.25) is 0 Å². The van der Waals surface area contributed by atoms with Crippen molar-refractivity contribution in [3.63, 3.8) is 0 Å². The van der Waals surface area contributed by atoms with Gasteiger partial charge in [0, 0.05) is 32.2 Å². The Kier molecular flexibility index (Phi) is 4.54. The Hall–Kier alpha value is -1.14. The number of nitrogens with zero attached hydrogens (tertiary/aromatic N) is 3. The van der Waals surface area contributed by atoms with Crippen LogP contribution in [0.3, 0.4) is 0 Å². The SMILES string of the molecule is CC1CCN(c2n[nH]c(CCCCO)n2)CC1N. The smallest absolute Gasteiger partial charge is 0.244 e. The van der Waals surface area contributed by atoms with Gasteiger partial charge in [-0.1, -0.05) is 6.92 Å². The van der Waals surface area contributed by atoms with Crippen molar-refractivity contribution in [2.75, 3.05) is 24.6 Å². The molecule has 0 saturated carbocycles. The van der Waals surface area contributed by atoms with Gasteiger partial charge in [0.15, 0.2) is 0 Å². The van der Waals surface area contributed by atoms with Crippen molar-refractivity contribution < 1.29 is 5.11 Å². The third-order valence-corrected chi connectivity index (χ3v) is 3.64. The molecule has 0 aromatic carbocycles. The fraction of sp³-hybridized carbons (Fsp3) is 0.833. The molecule has 4 N–H and O–H groups in total. The quantitative estimate of drug-likeness (QED) is 0.656. The number of aryl methyl sites for hydroxylation is 1. The van der Waals surface area contributed by atoms with Crippen LogP contribution in [0.1, 0.15) is 32.0 Å². The first-order chi connectivity index (χ1) is 8.70. The van der Waals surface area contributed by atoms with Gasteiger partial charge < -0.3 is 15.7 Å². The monoisotopic (exact) mass is 253 g/mol. The second-order valence-electron chi connectivity index (χ2n) is 5.14. The summed E-state index contributed by atoms with van der Waals surface area (Å²) >= 11 is 0. The number of nitrogens with one attached hydrogen (secondary N) is 1. The van der Waals surface area contributed by atoms with E-state index in [-0.39, 0.29) is 12.6 Å². The zero-order valence-electron chi connectivity index (χ0n) is 11.0. The summed E-state index contributed by atoms with van der Waals surface area (Å²) in [6.45, 7) is 4.23. The molecule has 2 rings (SSSR count). The summed E-state index contributed by atoms with van der Waals surface area (Å²) in [4.78, 5) is 6.64. The zero-order valence-corrected chi connectivity index (χ0v) is 11.0. The number of aromatic nitrogens is 3. The molecule has 0 radical (unpaired) electrons. The minimum atomic E-state index is 0.204. The minimum absolute atomic E-state index is 0.204. The average Bonchev–Trinajstić information content (AvgIpc) is 2.82. The molecule has 102 valence electrons. The highest BCUT2D eigenvalue weighted by atomic mass is 16.2. The van der Waals surface area contributed by atoms with Crippen LogP contribution in [0.15, 0.2) is 0 Å². The number of H-pyrrole nitrogens is 1. The van der Waals surface area contributed by atoms with E-state index in [1.54, 1.807) is 0 Å². The maximum absolute atomic E-state index is 8.74. The van der Waals surface area contributed by atoms with E-state index in [0.29, 0.717) is 5.92 Å². The van der Waals surface area contributed by atoms with Gasteiger partial charge in [0.2, 0.25) is 5.95 Å². The highest BCUT2D eigenvalue weighted by Gasteiger charge is 2.25. The molecule has 2 atom stereocenters. The Morgan fingerprint density at radius 3 is 3.06 bits per heavy atom. The molecule has 1 aliphatic rings. The molecule has 2 unspecified atom stereocenters. The van der Waals surface area contributed by atoms with Gasteiger partial charge >= 0.3 is 0 Å². The van der Waals surface area contributed by atoms with Gasteiger partial charge in [0.1, 0.15) is 5.82 Å². The van der Waals surface area contributed by atoms with E-state index in [1.807, 2.05) is 0 Å². The van der Waals surface area contributed by atoms with Crippen molar-refractivity contribution in [1.82, 2.24) is 15.2 Å². The van der Waals surface area contributed by atoms with Crippen LogP contribution in [0, 0.1) is 5.92 Å². The van der Waals surface area contributed by atoms with Crippen molar-refractivity contribution in [3.8, 4) is 0 Å². The Balaban J connectivity index is 1.89. The van der Waals surface area contributed by atoms with Crippen molar-refractivity contribution >= 4 is 5.95 Å². The van der Waals surface area contributed by atoms with Gasteiger partial charge in [-0.15, -0.1) is 5.10 Å². The Morgan fingerprint density at radius 2 is 2.33 bits per heavy atom. The number of rotatable bonds is 5. The minimum Gasteiger partial charge on any atom is -0.396 e. The van der Waals surface area contributed by atoms with E-state index >= 15 is 0 Å². The summed E-state index contributed by atoms with van der Waals surface area (Å²) < 4.78 is 0. The summed E-state index contributed by atoms with van der Waals surface area (Å²) in [5.74, 6) is 2.23. The maximum atomic E-state index is 8.74. The zero-order chi connectivity index (χ0) is 13.0. The number of unbranched alkanes of at least 4 members (excludes halogenated alkanes) is 1. The molecule has 0 spiro atoms. The third-order valence-electron chi connectivity index (χ3n) is 3.64. The van der Waals surface area contributed by atoms with E-state index in [9.17, 15) is 0 Å². The largest absolute Gasteiger partial charge is 0.396 e. The Labute approximate surface area is 108 Å². The highest BCUT2D eigenvalue weighted by molar-refractivity contribution is 5.30. The number of nitrogens with two attached hydrogens (primary N) is 1. The van der Waals surface area contributed by atoms with E-state index in [0.717, 1.165) is 50.5 Å². The molecule has 6 nitrogen and oxygen atoms in total. The molecule has 6 heteroatoms. The summed E-state index contributed by atoms with van der Waals surface area (Å²) in [5.41, 5.74) is 6.08. The van der Waals surface area contributed by atoms with Gasteiger partial charge in [-0.3, -0.25) is 5.10 Å². The fourth-order valence-corrected chi connectivity index (χ4v) is 2.22. The van der Waals surface area contributed by atoms with Gasteiger partial charge in [0.05, 0.1) is 0 Å². The number of aliphatic hydroxyl groups is 1. The molecule has 0 bridgehead atoms. The molecule has 0 amide bonds. The van der Waals surface area contributed by atoms with Crippen LogP contribution in [0.5, 0.6) is 0 Å². The van der Waals surface area contributed by atoms with E-state index in [4.69, 9.17) is 10.8 Å². The molecular weight excluding hydrogens is 230 g/mol.